The van der Waals surface area contributed by atoms with Crippen LogP contribution in [0, 0.1) is 0 Å². The minimum Gasteiger partial charge on any atom is -0.319 e. The zero-order valence-electron chi connectivity index (χ0n) is 10.9. The number of thioether (sulfide) groups is 1. The van der Waals surface area contributed by atoms with E-state index in [0.717, 1.165) is 17.4 Å². The van der Waals surface area contributed by atoms with E-state index >= 15 is 0 Å². The highest BCUT2D eigenvalue weighted by molar-refractivity contribution is 8.00. The molecule has 2 nitrogen and oxygen atoms in total. The van der Waals surface area contributed by atoms with Gasteiger partial charge in [-0.25, -0.2) is 0 Å². The average Bonchev–Trinajstić information content (AvgIpc) is 2.89. The van der Waals surface area contributed by atoms with Gasteiger partial charge in [-0.3, -0.25) is 4.79 Å². The van der Waals surface area contributed by atoms with E-state index in [-0.39, 0.29) is 5.78 Å². The normalized spacial score (nSPS) is 16.1. The molecule has 3 heteroatoms. The van der Waals surface area contributed by atoms with E-state index in [1.807, 2.05) is 30.9 Å². The summed E-state index contributed by atoms with van der Waals surface area (Å²) in [6.07, 6.45) is 6.00. The van der Waals surface area contributed by atoms with E-state index in [4.69, 9.17) is 0 Å². The lowest BCUT2D eigenvalue weighted by molar-refractivity contribution is 0.0983. The van der Waals surface area contributed by atoms with Crippen molar-refractivity contribution < 1.29 is 4.79 Å². The predicted octanol–water partition coefficient (Wildman–Crippen LogP) is 3.51. The Labute approximate surface area is 114 Å². The van der Waals surface area contributed by atoms with Gasteiger partial charge in [0, 0.05) is 28.7 Å². The van der Waals surface area contributed by atoms with Crippen LogP contribution in [0.5, 0.6) is 0 Å². The SMILES string of the molecule is CNCCC(=O)c1ccc(SC2CCCC2)cc1. The molecular weight excluding hydrogens is 242 g/mol. The molecule has 0 spiro atoms. The maximum atomic E-state index is 11.8. The summed E-state index contributed by atoms with van der Waals surface area (Å²) in [4.78, 5) is 13.1. The Morgan fingerprint density at radius 1 is 1.28 bits per heavy atom. The Kier molecular flexibility index (Phi) is 5.26. The monoisotopic (exact) mass is 263 g/mol. The van der Waals surface area contributed by atoms with E-state index in [2.05, 4.69) is 17.4 Å². The maximum Gasteiger partial charge on any atom is 0.164 e. The van der Waals surface area contributed by atoms with Gasteiger partial charge in [-0.05, 0) is 32.0 Å². The van der Waals surface area contributed by atoms with Crippen LogP contribution in [0.15, 0.2) is 29.2 Å². The van der Waals surface area contributed by atoms with Crippen LogP contribution >= 0.6 is 11.8 Å². The molecule has 0 heterocycles. The lowest BCUT2D eigenvalue weighted by Crippen LogP contribution is -2.12. The third kappa shape index (κ3) is 3.85. The van der Waals surface area contributed by atoms with Gasteiger partial charge in [0.2, 0.25) is 0 Å². The number of hydrogen-bond donors (Lipinski definition) is 1. The average molecular weight is 263 g/mol. The second kappa shape index (κ2) is 6.95. The van der Waals surface area contributed by atoms with Gasteiger partial charge in [0.15, 0.2) is 5.78 Å². The number of Topliss-reactive ketones (excluding diaryl/α,β-unsaturated/α-hetero) is 1. The molecule has 0 saturated heterocycles. The van der Waals surface area contributed by atoms with E-state index in [0.29, 0.717) is 6.42 Å². The fraction of sp³-hybridized carbons (Fsp3) is 0.533. The summed E-state index contributed by atoms with van der Waals surface area (Å²) in [6.45, 7) is 0.747. The van der Waals surface area contributed by atoms with Crippen molar-refractivity contribution in [1.29, 1.82) is 0 Å². The Balaban J connectivity index is 1.90. The van der Waals surface area contributed by atoms with Gasteiger partial charge in [-0.2, -0.15) is 0 Å². The number of ketones is 1. The van der Waals surface area contributed by atoms with Crippen LogP contribution in [0.4, 0.5) is 0 Å². The van der Waals surface area contributed by atoms with Crippen LogP contribution in [0.2, 0.25) is 0 Å². The zero-order chi connectivity index (χ0) is 12.8. The van der Waals surface area contributed by atoms with Crippen molar-refractivity contribution in [3.63, 3.8) is 0 Å². The minimum absolute atomic E-state index is 0.224. The molecule has 1 N–H and O–H groups in total. The summed E-state index contributed by atoms with van der Waals surface area (Å²) in [6, 6.07) is 8.12. The minimum atomic E-state index is 0.224. The van der Waals surface area contributed by atoms with E-state index < -0.39 is 0 Å². The van der Waals surface area contributed by atoms with Gasteiger partial charge in [0.1, 0.15) is 0 Å². The number of carbonyl (C=O) groups is 1. The van der Waals surface area contributed by atoms with Gasteiger partial charge < -0.3 is 5.32 Å². The fourth-order valence-corrected chi connectivity index (χ4v) is 3.55. The van der Waals surface area contributed by atoms with Crippen LogP contribution in [0.25, 0.3) is 0 Å². The van der Waals surface area contributed by atoms with Crippen molar-refractivity contribution in [2.75, 3.05) is 13.6 Å². The number of hydrogen-bond acceptors (Lipinski definition) is 3. The Morgan fingerprint density at radius 3 is 2.56 bits per heavy atom. The van der Waals surface area contributed by atoms with Crippen LogP contribution in [0.3, 0.4) is 0 Å². The molecule has 1 aliphatic rings. The van der Waals surface area contributed by atoms with Crippen LogP contribution in [0.1, 0.15) is 42.5 Å². The van der Waals surface area contributed by atoms with Crippen molar-refractivity contribution in [3.05, 3.63) is 29.8 Å². The van der Waals surface area contributed by atoms with E-state index in [1.165, 1.54) is 30.6 Å². The number of benzene rings is 1. The molecule has 1 saturated carbocycles. The van der Waals surface area contributed by atoms with Gasteiger partial charge >= 0.3 is 0 Å². The lowest BCUT2D eigenvalue weighted by Gasteiger charge is -2.09. The van der Waals surface area contributed by atoms with Crippen LogP contribution in [-0.4, -0.2) is 24.6 Å². The second-order valence-electron chi connectivity index (χ2n) is 4.83. The molecule has 1 aromatic rings. The van der Waals surface area contributed by atoms with Crippen LogP contribution in [-0.2, 0) is 0 Å². The van der Waals surface area contributed by atoms with Crippen molar-refractivity contribution in [2.45, 2.75) is 42.2 Å². The molecule has 98 valence electrons. The molecule has 0 amide bonds. The largest absolute Gasteiger partial charge is 0.319 e. The van der Waals surface area contributed by atoms with E-state index in [9.17, 15) is 4.79 Å². The van der Waals surface area contributed by atoms with Crippen molar-refractivity contribution in [3.8, 4) is 0 Å². The molecule has 0 atom stereocenters. The van der Waals surface area contributed by atoms with Crippen molar-refractivity contribution >= 4 is 17.5 Å². The predicted molar refractivity (Wildman–Crippen MR) is 77.4 cm³/mol. The number of nitrogens with one attached hydrogen (secondary N) is 1. The molecule has 1 fully saturated rings. The molecule has 0 bridgehead atoms. The summed E-state index contributed by atoms with van der Waals surface area (Å²) in [5, 5.41) is 3.79. The van der Waals surface area contributed by atoms with Gasteiger partial charge in [0.25, 0.3) is 0 Å². The highest BCUT2D eigenvalue weighted by atomic mass is 32.2. The quantitative estimate of drug-likeness (QED) is 0.796. The number of rotatable bonds is 6. The third-order valence-corrected chi connectivity index (χ3v) is 4.73. The topological polar surface area (TPSA) is 29.1 Å². The highest BCUT2D eigenvalue weighted by Crippen LogP contribution is 2.34. The summed E-state index contributed by atoms with van der Waals surface area (Å²) < 4.78 is 0. The molecule has 0 unspecified atom stereocenters. The second-order valence-corrected chi connectivity index (χ2v) is 6.20. The number of carbonyl (C=O) groups excluding carboxylic acids is 1. The summed E-state index contributed by atoms with van der Waals surface area (Å²) in [7, 11) is 1.87. The summed E-state index contributed by atoms with van der Waals surface area (Å²) in [5.41, 5.74) is 0.834. The van der Waals surface area contributed by atoms with Crippen LogP contribution < -0.4 is 5.32 Å². The van der Waals surface area contributed by atoms with Gasteiger partial charge in [-0.1, -0.05) is 25.0 Å². The van der Waals surface area contributed by atoms with Crippen molar-refractivity contribution in [1.82, 2.24) is 5.32 Å². The fourth-order valence-electron chi connectivity index (χ4n) is 2.30. The first kappa shape index (κ1) is 13.6. The molecule has 1 aromatic carbocycles. The summed E-state index contributed by atoms with van der Waals surface area (Å²) >= 11 is 1.97. The molecular formula is C15H21NOS. The third-order valence-electron chi connectivity index (χ3n) is 3.38. The molecule has 1 aliphatic carbocycles. The Morgan fingerprint density at radius 2 is 1.94 bits per heavy atom. The first-order valence-electron chi connectivity index (χ1n) is 6.74. The zero-order valence-corrected chi connectivity index (χ0v) is 11.8. The van der Waals surface area contributed by atoms with Gasteiger partial charge in [0.05, 0.1) is 0 Å². The van der Waals surface area contributed by atoms with E-state index in [1.54, 1.807) is 0 Å². The van der Waals surface area contributed by atoms with Crippen molar-refractivity contribution in [2.24, 2.45) is 0 Å². The molecule has 2 rings (SSSR count). The van der Waals surface area contributed by atoms with Gasteiger partial charge in [-0.15, -0.1) is 11.8 Å². The maximum absolute atomic E-state index is 11.8. The Hall–Kier alpha value is -0.800. The molecule has 0 radical (unpaired) electrons. The highest BCUT2D eigenvalue weighted by Gasteiger charge is 2.16. The lowest BCUT2D eigenvalue weighted by atomic mass is 10.1. The first-order chi connectivity index (χ1) is 8.79. The first-order valence-corrected chi connectivity index (χ1v) is 7.62. The molecule has 0 aromatic heterocycles. The summed E-state index contributed by atoms with van der Waals surface area (Å²) in [5.74, 6) is 0.224. The standard InChI is InChI=1S/C15H21NOS/c1-16-11-10-15(17)12-6-8-14(9-7-12)18-13-4-2-3-5-13/h6-9,13,16H,2-5,10-11H2,1H3. The molecule has 18 heavy (non-hydrogen) atoms. The smallest absolute Gasteiger partial charge is 0.164 e. The molecule has 0 aliphatic heterocycles. The Bertz CT molecular complexity index is 382.